The Labute approximate surface area is 133 Å². The predicted octanol–water partition coefficient (Wildman–Crippen LogP) is 3.29. The molecule has 0 unspecified atom stereocenters. The lowest BCUT2D eigenvalue weighted by molar-refractivity contribution is 0.0475. The number of aromatic amines is 1. The molecule has 0 saturated carbocycles. The summed E-state index contributed by atoms with van der Waals surface area (Å²) in [6.07, 6.45) is 2.96. The first kappa shape index (κ1) is 14.1. The van der Waals surface area contributed by atoms with E-state index in [0.717, 1.165) is 32.7 Å². The van der Waals surface area contributed by atoms with Crippen molar-refractivity contribution in [2.24, 2.45) is 0 Å². The van der Waals surface area contributed by atoms with E-state index in [-0.39, 0.29) is 5.91 Å². The fourth-order valence-electron chi connectivity index (χ4n) is 2.60. The van der Waals surface area contributed by atoms with E-state index in [1.807, 2.05) is 12.1 Å². The van der Waals surface area contributed by atoms with Crippen LogP contribution in [0.5, 0.6) is 0 Å². The number of β-amino-alcohol motifs (C(OH)–C–C–N with tert-alkyl or cyclic N) is 1. The predicted molar refractivity (Wildman–Crippen MR) is 84.8 cm³/mol. The fourth-order valence-corrected chi connectivity index (χ4v) is 3.29. The number of aliphatic hydroxyl groups excluding tert-OH is 1. The van der Waals surface area contributed by atoms with E-state index < -0.39 is 6.10 Å². The highest BCUT2D eigenvalue weighted by atomic mass is 79.9. The Morgan fingerprint density at radius 2 is 2.10 bits per heavy atom. The van der Waals surface area contributed by atoms with Crippen molar-refractivity contribution in [2.45, 2.75) is 18.9 Å². The van der Waals surface area contributed by atoms with Crippen LogP contribution in [0.1, 0.15) is 23.2 Å². The number of halogens is 2. The van der Waals surface area contributed by atoms with Gasteiger partial charge in [0.2, 0.25) is 0 Å². The van der Waals surface area contributed by atoms with Crippen molar-refractivity contribution in [3.63, 3.8) is 0 Å². The van der Waals surface area contributed by atoms with Crippen molar-refractivity contribution in [3.05, 3.63) is 32.8 Å². The molecule has 1 aliphatic rings. The van der Waals surface area contributed by atoms with Crippen LogP contribution in [0.25, 0.3) is 10.9 Å². The van der Waals surface area contributed by atoms with Gasteiger partial charge in [0, 0.05) is 39.1 Å². The van der Waals surface area contributed by atoms with E-state index in [1.54, 1.807) is 11.1 Å². The van der Waals surface area contributed by atoms with Crippen molar-refractivity contribution in [1.82, 2.24) is 9.88 Å². The minimum atomic E-state index is -0.404. The maximum absolute atomic E-state index is 12.6. The summed E-state index contributed by atoms with van der Waals surface area (Å²) in [6, 6.07) is 3.88. The highest BCUT2D eigenvalue weighted by molar-refractivity contribution is 9.13. The van der Waals surface area contributed by atoms with E-state index in [1.165, 1.54) is 0 Å². The number of nitrogens with zero attached hydrogens (tertiary/aromatic N) is 1. The summed E-state index contributed by atoms with van der Waals surface area (Å²) in [6.45, 7) is 1.13. The number of likely N-dealkylation sites (tertiary alicyclic amines) is 1. The summed E-state index contributed by atoms with van der Waals surface area (Å²) in [5.41, 5.74) is 1.57. The number of H-pyrrole nitrogens is 1. The van der Waals surface area contributed by atoms with Gasteiger partial charge in [-0.2, -0.15) is 0 Å². The largest absolute Gasteiger partial charge is 0.391 e. The molecule has 0 spiro atoms. The zero-order valence-electron chi connectivity index (χ0n) is 10.7. The summed E-state index contributed by atoms with van der Waals surface area (Å²) in [5.74, 6) is -0.0239. The fraction of sp³-hybridized carbons (Fsp3) is 0.357. The Bertz CT molecular complexity index is 668. The van der Waals surface area contributed by atoms with Crippen molar-refractivity contribution in [3.8, 4) is 0 Å². The lowest BCUT2D eigenvalue weighted by Crippen LogP contribution is -2.42. The number of benzene rings is 1. The van der Waals surface area contributed by atoms with E-state index in [4.69, 9.17) is 0 Å². The van der Waals surface area contributed by atoms with Crippen LogP contribution in [0.15, 0.2) is 27.3 Å². The number of piperidine rings is 1. The molecule has 1 aromatic carbocycles. The van der Waals surface area contributed by atoms with Crippen LogP contribution >= 0.6 is 31.9 Å². The van der Waals surface area contributed by atoms with Crippen LogP contribution in [0.4, 0.5) is 0 Å². The smallest absolute Gasteiger partial charge is 0.256 e. The number of carbonyl (C=O) groups excluding carboxylic acids is 1. The standard InChI is InChI=1S/C14H14Br2N2O2/c15-11-4-9-10(6-17-13(9)5-12(11)16)14(20)18-3-1-2-8(19)7-18/h4-6,8,17,19H,1-3,7H2/t8-/m0/s1. The number of fused-ring (bicyclic) bond motifs is 1. The number of hydrogen-bond acceptors (Lipinski definition) is 2. The van der Waals surface area contributed by atoms with Gasteiger partial charge in [0.1, 0.15) is 0 Å². The number of aromatic nitrogens is 1. The topological polar surface area (TPSA) is 56.3 Å². The molecule has 106 valence electrons. The van der Waals surface area contributed by atoms with Crippen LogP contribution in [-0.4, -0.2) is 40.1 Å². The van der Waals surface area contributed by atoms with Crippen LogP contribution in [0.3, 0.4) is 0 Å². The molecule has 1 saturated heterocycles. The monoisotopic (exact) mass is 400 g/mol. The Balaban J connectivity index is 1.97. The SMILES string of the molecule is O=C(c1c[nH]c2cc(Br)c(Br)cc12)N1CCC[C@H](O)C1. The zero-order valence-corrected chi connectivity index (χ0v) is 13.9. The van der Waals surface area contributed by atoms with Crippen molar-refractivity contribution in [2.75, 3.05) is 13.1 Å². The first-order valence-electron chi connectivity index (χ1n) is 6.49. The highest BCUT2D eigenvalue weighted by Crippen LogP contribution is 2.30. The maximum atomic E-state index is 12.6. The first-order valence-corrected chi connectivity index (χ1v) is 8.08. The molecular weight excluding hydrogens is 388 g/mol. The van der Waals surface area contributed by atoms with E-state index >= 15 is 0 Å². The minimum absolute atomic E-state index is 0.0239. The van der Waals surface area contributed by atoms with Crippen LogP contribution in [0, 0.1) is 0 Å². The molecule has 1 atom stereocenters. The lowest BCUT2D eigenvalue weighted by atomic mass is 10.1. The molecule has 1 aliphatic heterocycles. The van der Waals surface area contributed by atoms with Gasteiger partial charge in [0.25, 0.3) is 5.91 Å². The molecular formula is C14H14Br2N2O2. The van der Waals surface area contributed by atoms with Gasteiger partial charge in [-0.15, -0.1) is 0 Å². The molecule has 20 heavy (non-hydrogen) atoms. The average Bonchev–Trinajstić information content (AvgIpc) is 2.81. The maximum Gasteiger partial charge on any atom is 0.256 e. The molecule has 0 radical (unpaired) electrons. The molecule has 6 heteroatoms. The second kappa shape index (κ2) is 5.50. The van der Waals surface area contributed by atoms with Gasteiger partial charge in [0.15, 0.2) is 0 Å². The minimum Gasteiger partial charge on any atom is -0.391 e. The van der Waals surface area contributed by atoms with Gasteiger partial charge in [0.05, 0.1) is 11.7 Å². The van der Waals surface area contributed by atoms with Crippen LogP contribution in [-0.2, 0) is 0 Å². The molecule has 1 amide bonds. The Hall–Kier alpha value is -0.850. The van der Waals surface area contributed by atoms with E-state index in [9.17, 15) is 9.90 Å². The number of aliphatic hydroxyl groups is 1. The summed E-state index contributed by atoms with van der Waals surface area (Å²) in [5, 5.41) is 10.6. The number of carbonyl (C=O) groups is 1. The third kappa shape index (κ3) is 2.52. The molecule has 0 aliphatic carbocycles. The van der Waals surface area contributed by atoms with Crippen LogP contribution < -0.4 is 0 Å². The van der Waals surface area contributed by atoms with Gasteiger partial charge in [-0.3, -0.25) is 4.79 Å². The second-order valence-corrected chi connectivity index (χ2v) is 6.77. The summed E-state index contributed by atoms with van der Waals surface area (Å²) in [7, 11) is 0. The normalized spacial score (nSPS) is 19.6. The number of hydrogen-bond donors (Lipinski definition) is 2. The van der Waals surface area contributed by atoms with Crippen LogP contribution in [0.2, 0.25) is 0 Å². The third-order valence-electron chi connectivity index (χ3n) is 3.64. The van der Waals surface area contributed by atoms with Gasteiger partial charge < -0.3 is 15.0 Å². The van der Waals surface area contributed by atoms with Crippen molar-refractivity contribution >= 4 is 48.7 Å². The quantitative estimate of drug-likeness (QED) is 0.770. The highest BCUT2D eigenvalue weighted by Gasteiger charge is 2.25. The number of nitrogens with one attached hydrogen (secondary N) is 1. The molecule has 3 rings (SSSR count). The molecule has 4 nitrogen and oxygen atoms in total. The molecule has 2 heterocycles. The molecule has 2 N–H and O–H groups in total. The van der Waals surface area contributed by atoms with Gasteiger partial charge in [-0.1, -0.05) is 0 Å². The number of rotatable bonds is 1. The summed E-state index contributed by atoms with van der Waals surface area (Å²) < 4.78 is 1.86. The Kier molecular flexibility index (Phi) is 3.88. The Morgan fingerprint density at radius 1 is 1.35 bits per heavy atom. The average molecular weight is 402 g/mol. The van der Waals surface area contributed by atoms with E-state index in [0.29, 0.717) is 18.7 Å². The van der Waals surface area contributed by atoms with Gasteiger partial charge in [-0.25, -0.2) is 0 Å². The molecule has 2 aromatic rings. The first-order chi connectivity index (χ1) is 9.56. The zero-order chi connectivity index (χ0) is 14.3. The molecule has 1 aromatic heterocycles. The Morgan fingerprint density at radius 3 is 2.85 bits per heavy atom. The molecule has 0 bridgehead atoms. The summed E-state index contributed by atoms with van der Waals surface area (Å²) in [4.78, 5) is 17.4. The van der Waals surface area contributed by atoms with Gasteiger partial charge >= 0.3 is 0 Å². The summed E-state index contributed by atoms with van der Waals surface area (Å²) >= 11 is 6.92. The van der Waals surface area contributed by atoms with Crippen molar-refractivity contribution < 1.29 is 9.90 Å². The van der Waals surface area contributed by atoms with E-state index in [2.05, 4.69) is 36.8 Å². The third-order valence-corrected chi connectivity index (χ3v) is 5.48. The van der Waals surface area contributed by atoms with Gasteiger partial charge in [-0.05, 0) is 56.8 Å². The number of amides is 1. The lowest BCUT2D eigenvalue weighted by Gasteiger charge is -2.30. The second-order valence-electron chi connectivity index (χ2n) is 5.06. The molecule has 1 fully saturated rings. The van der Waals surface area contributed by atoms with Crippen molar-refractivity contribution in [1.29, 1.82) is 0 Å².